The van der Waals surface area contributed by atoms with E-state index in [2.05, 4.69) is 62.1 Å². The van der Waals surface area contributed by atoms with Crippen molar-refractivity contribution in [2.75, 3.05) is 5.32 Å². The molecule has 0 saturated carbocycles. The third-order valence-corrected chi connectivity index (χ3v) is 3.57. The lowest BCUT2D eigenvalue weighted by atomic mass is 10.2. The molecule has 0 spiro atoms. The highest BCUT2D eigenvalue weighted by atomic mass is 127. The molecule has 2 rings (SSSR count). The van der Waals surface area contributed by atoms with Crippen LogP contribution in [0.25, 0.3) is 0 Å². The second-order valence-electron chi connectivity index (χ2n) is 3.58. The van der Waals surface area contributed by atoms with Crippen LogP contribution in [0, 0.1) is 3.57 Å². The first kappa shape index (κ1) is 11.7. The lowest BCUT2D eigenvalue weighted by Crippen LogP contribution is -1.97. The number of aromatic nitrogens is 3. The summed E-state index contributed by atoms with van der Waals surface area (Å²) >= 11 is 3.79. The largest absolute Gasteiger partial charge is 0.315 e. The molecule has 0 radical (unpaired) electrons. The Balaban J connectivity index is 2.18. The van der Waals surface area contributed by atoms with Crippen molar-refractivity contribution < 1.29 is 0 Å². The van der Waals surface area contributed by atoms with E-state index in [1.165, 1.54) is 6.33 Å². The minimum absolute atomic E-state index is 0.455. The summed E-state index contributed by atoms with van der Waals surface area (Å²) in [5.74, 6) is 1.26. The van der Waals surface area contributed by atoms with E-state index in [0.29, 0.717) is 5.92 Å². The highest BCUT2D eigenvalue weighted by Crippen LogP contribution is 2.25. The van der Waals surface area contributed by atoms with Crippen LogP contribution in [0.4, 0.5) is 10.9 Å². The predicted molar refractivity (Wildman–Crippen MR) is 74.2 cm³/mol. The molecule has 0 aliphatic rings. The minimum atomic E-state index is 0.455. The molecule has 0 saturated heterocycles. The van der Waals surface area contributed by atoms with Crippen molar-refractivity contribution >= 4 is 44.9 Å². The van der Waals surface area contributed by atoms with Gasteiger partial charge in [0.2, 0.25) is 0 Å². The van der Waals surface area contributed by atoms with E-state index in [-0.39, 0.29) is 0 Å². The highest BCUT2D eigenvalue weighted by molar-refractivity contribution is 14.1. The second-order valence-corrected chi connectivity index (χ2v) is 5.60. The van der Waals surface area contributed by atoms with Gasteiger partial charge >= 0.3 is 0 Å². The lowest BCUT2D eigenvalue weighted by molar-refractivity contribution is 0.834. The first-order chi connectivity index (χ1) is 7.66. The molecule has 2 aromatic rings. The molecule has 4 nitrogen and oxygen atoms in total. The van der Waals surface area contributed by atoms with Gasteiger partial charge in [-0.2, -0.15) is 0 Å². The number of nitrogens with zero attached hydrogens (tertiary/aromatic N) is 3. The Bertz CT molecular complexity index is 483. The van der Waals surface area contributed by atoms with E-state index in [1.54, 1.807) is 17.5 Å². The summed E-state index contributed by atoms with van der Waals surface area (Å²) in [5.41, 5.74) is 1.11. The molecule has 0 amide bonds. The molecule has 16 heavy (non-hydrogen) atoms. The summed E-state index contributed by atoms with van der Waals surface area (Å²) in [4.78, 5) is 12.6. The van der Waals surface area contributed by atoms with Crippen LogP contribution in [0.15, 0.2) is 17.9 Å². The minimum Gasteiger partial charge on any atom is -0.315 e. The van der Waals surface area contributed by atoms with Crippen LogP contribution in [-0.2, 0) is 0 Å². The second kappa shape index (κ2) is 5.05. The standard InChI is InChI=1S/C10H11IN4S/c1-6(2)8-4-16-10(14-8)15-9-7(11)3-12-5-13-9/h3-6H,1-2H3,(H,12,13,14,15). The fourth-order valence-corrected chi connectivity index (χ4v) is 2.42. The topological polar surface area (TPSA) is 50.7 Å². The Morgan fingerprint density at radius 1 is 1.44 bits per heavy atom. The Labute approximate surface area is 112 Å². The van der Waals surface area contributed by atoms with E-state index < -0.39 is 0 Å². The van der Waals surface area contributed by atoms with Crippen molar-refractivity contribution in [3.63, 3.8) is 0 Å². The molecule has 0 atom stereocenters. The maximum Gasteiger partial charge on any atom is 0.188 e. The third-order valence-electron chi connectivity index (χ3n) is 2.01. The van der Waals surface area contributed by atoms with Gasteiger partial charge in [-0.25, -0.2) is 15.0 Å². The smallest absolute Gasteiger partial charge is 0.188 e. The average molecular weight is 346 g/mol. The molecule has 0 aromatic carbocycles. The van der Waals surface area contributed by atoms with Crippen molar-refractivity contribution in [3.8, 4) is 0 Å². The molecule has 0 unspecified atom stereocenters. The Hall–Kier alpha value is -0.760. The van der Waals surface area contributed by atoms with E-state index in [0.717, 1.165) is 20.2 Å². The SMILES string of the molecule is CC(C)c1csc(Nc2ncncc2I)n1. The molecule has 1 N–H and O–H groups in total. The summed E-state index contributed by atoms with van der Waals surface area (Å²) in [7, 11) is 0. The summed E-state index contributed by atoms with van der Waals surface area (Å²) in [6, 6.07) is 0. The van der Waals surface area contributed by atoms with E-state index in [9.17, 15) is 0 Å². The Kier molecular flexibility index (Phi) is 3.70. The van der Waals surface area contributed by atoms with E-state index in [4.69, 9.17) is 0 Å². The molecule has 84 valence electrons. The summed E-state index contributed by atoms with van der Waals surface area (Å²) in [6.45, 7) is 4.26. The van der Waals surface area contributed by atoms with Crippen LogP contribution in [-0.4, -0.2) is 15.0 Å². The zero-order valence-electron chi connectivity index (χ0n) is 8.94. The Morgan fingerprint density at radius 3 is 2.88 bits per heavy atom. The molecule has 2 heterocycles. The normalized spacial score (nSPS) is 10.8. The predicted octanol–water partition coefficient (Wildman–Crippen LogP) is 3.40. The number of anilines is 2. The first-order valence-electron chi connectivity index (χ1n) is 4.84. The summed E-state index contributed by atoms with van der Waals surface area (Å²) < 4.78 is 0.987. The maximum absolute atomic E-state index is 4.49. The highest BCUT2D eigenvalue weighted by Gasteiger charge is 2.07. The monoisotopic (exact) mass is 346 g/mol. The van der Waals surface area contributed by atoms with Crippen LogP contribution in [0.3, 0.4) is 0 Å². The van der Waals surface area contributed by atoms with Gasteiger partial charge in [0.25, 0.3) is 0 Å². The van der Waals surface area contributed by atoms with Gasteiger partial charge < -0.3 is 5.32 Å². The van der Waals surface area contributed by atoms with Crippen molar-refractivity contribution in [3.05, 3.63) is 27.2 Å². The first-order valence-corrected chi connectivity index (χ1v) is 6.80. The molecule has 0 fully saturated rings. The van der Waals surface area contributed by atoms with Crippen molar-refractivity contribution in [2.45, 2.75) is 19.8 Å². The van der Waals surface area contributed by atoms with Crippen LogP contribution >= 0.6 is 33.9 Å². The number of nitrogens with one attached hydrogen (secondary N) is 1. The fourth-order valence-electron chi connectivity index (χ4n) is 1.11. The van der Waals surface area contributed by atoms with Gasteiger partial charge in [0.15, 0.2) is 5.13 Å². The van der Waals surface area contributed by atoms with Gasteiger partial charge in [-0.05, 0) is 28.5 Å². The molecular formula is C10H11IN4S. The van der Waals surface area contributed by atoms with Crippen LogP contribution in [0.1, 0.15) is 25.5 Å². The zero-order valence-corrected chi connectivity index (χ0v) is 11.9. The number of halogens is 1. The van der Waals surface area contributed by atoms with Gasteiger partial charge in [0.05, 0.1) is 9.26 Å². The number of hydrogen-bond donors (Lipinski definition) is 1. The molecular weight excluding hydrogens is 335 g/mol. The van der Waals surface area contributed by atoms with E-state index >= 15 is 0 Å². The van der Waals surface area contributed by atoms with Gasteiger partial charge in [-0.1, -0.05) is 13.8 Å². The van der Waals surface area contributed by atoms with E-state index in [1.807, 2.05) is 0 Å². The van der Waals surface area contributed by atoms with Crippen LogP contribution in [0.2, 0.25) is 0 Å². The maximum atomic E-state index is 4.49. The van der Waals surface area contributed by atoms with Crippen molar-refractivity contribution in [2.24, 2.45) is 0 Å². The third kappa shape index (κ3) is 2.67. The average Bonchev–Trinajstić information content (AvgIpc) is 2.70. The Morgan fingerprint density at radius 2 is 2.25 bits per heavy atom. The molecule has 0 bridgehead atoms. The number of rotatable bonds is 3. The lowest BCUT2D eigenvalue weighted by Gasteiger charge is -2.02. The molecule has 0 aliphatic heterocycles. The van der Waals surface area contributed by atoms with Gasteiger partial charge in [-0.3, -0.25) is 0 Å². The van der Waals surface area contributed by atoms with Gasteiger partial charge in [-0.15, -0.1) is 11.3 Å². The van der Waals surface area contributed by atoms with Gasteiger partial charge in [0.1, 0.15) is 12.1 Å². The molecule has 6 heteroatoms. The number of thiazole rings is 1. The van der Waals surface area contributed by atoms with Crippen molar-refractivity contribution in [1.82, 2.24) is 15.0 Å². The quantitative estimate of drug-likeness (QED) is 0.866. The number of hydrogen-bond acceptors (Lipinski definition) is 5. The van der Waals surface area contributed by atoms with Crippen molar-refractivity contribution in [1.29, 1.82) is 0 Å². The zero-order chi connectivity index (χ0) is 11.5. The fraction of sp³-hybridized carbons (Fsp3) is 0.300. The van der Waals surface area contributed by atoms with Crippen LogP contribution in [0.5, 0.6) is 0 Å². The van der Waals surface area contributed by atoms with Crippen LogP contribution < -0.4 is 5.32 Å². The molecule has 0 aliphatic carbocycles. The molecule has 2 aromatic heterocycles. The summed E-state index contributed by atoms with van der Waals surface area (Å²) in [6.07, 6.45) is 3.30. The van der Waals surface area contributed by atoms with Gasteiger partial charge in [0, 0.05) is 11.6 Å². The summed E-state index contributed by atoms with van der Waals surface area (Å²) in [5, 5.41) is 6.14.